The topological polar surface area (TPSA) is 112 Å². The van der Waals surface area contributed by atoms with Gasteiger partial charge in [0.2, 0.25) is 0 Å². The summed E-state index contributed by atoms with van der Waals surface area (Å²) < 4.78 is 5.88. The molecule has 2 aromatic carbocycles. The minimum absolute atomic E-state index is 0.0761. The van der Waals surface area contributed by atoms with Crippen molar-refractivity contribution >= 4 is 33.2 Å². The third kappa shape index (κ3) is 3.70. The highest BCUT2D eigenvalue weighted by Crippen LogP contribution is 2.36. The van der Waals surface area contributed by atoms with Gasteiger partial charge in [0.05, 0.1) is 9.85 Å². The molecule has 0 saturated carbocycles. The summed E-state index contributed by atoms with van der Waals surface area (Å²) in [7, 11) is 0. The van der Waals surface area contributed by atoms with Crippen LogP contribution in [0.15, 0.2) is 36.4 Å². The maximum absolute atomic E-state index is 11.4. The van der Waals surface area contributed by atoms with E-state index >= 15 is 0 Å². The average molecular weight is 384 g/mol. The Balaban J connectivity index is 2.12. The van der Waals surface area contributed by atoms with Crippen LogP contribution in [-0.4, -0.2) is 46.0 Å². The lowest BCUT2D eigenvalue weighted by atomic mass is 10.1. The first-order valence-corrected chi connectivity index (χ1v) is 8.96. The van der Waals surface area contributed by atoms with Crippen molar-refractivity contribution in [2.45, 2.75) is 13.8 Å². The number of non-ortho nitro benzene ring substituents is 2. The molecule has 3 aromatic rings. The maximum atomic E-state index is 11.4. The Labute approximate surface area is 160 Å². The molecule has 1 heterocycles. The summed E-state index contributed by atoms with van der Waals surface area (Å²) in [4.78, 5) is 28.1. The van der Waals surface area contributed by atoms with Crippen LogP contribution in [0.4, 0.5) is 11.4 Å². The van der Waals surface area contributed by atoms with E-state index in [1.54, 1.807) is 24.3 Å². The summed E-state index contributed by atoms with van der Waals surface area (Å²) in [6.45, 7) is 7.06. The molecule has 9 heteroatoms. The highest BCUT2D eigenvalue weighted by atomic mass is 16.6. The number of aromatic nitrogens is 1. The monoisotopic (exact) mass is 384 g/mol. The van der Waals surface area contributed by atoms with E-state index in [0.717, 1.165) is 19.6 Å². The van der Waals surface area contributed by atoms with Crippen molar-refractivity contribution in [1.29, 1.82) is 0 Å². The van der Waals surface area contributed by atoms with Crippen LogP contribution in [0, 0.1) is 20.2 Å². The van der Waals surface area contributed by atoms with E-state index in [0.29, 0.717) is 23.1 Å². The van der Waals surface area contributed by atoms with E-state index in [1.165, 1.54) is 12.1 Å². The minimum atomic E-state index is -0.546. The third-order valence-electron chi connectivity index (χ3n) is 4.68. The largest absolute Gasteiger partial charge is 0.492 e. The van der Waals surface area contributed by atoms with Crippen LogP contribution in [0.25, 0.3) is 21.8 Å². The number of ether oxygens (including phenoxy) is 1. The van der Waals surface area contributed by atoms with Gasteiger partial charge in [-0.05, 0) is 25.2 Å². The second-order valence-corrected chi connectivity index (χ2v) is 6.21. The standard InChI is InChI=1S/C19H20N4O5/c1-3-21(4-2)10-11-28-17-9-8-16(23(26)27)19-14(17)12-13-6-5-7-15(22(24)25)18(13)20-19/h5-9,12H,3-4,10-11H2,1-2H3. The Morgan fingerprint density at radius 1 is 1.00 bits per heavy atom. The number of benzene rings is 2. The second-order valence-electron chi connectivity index (χ2n) is 6.21. The van der Waals surface area contributed by atoms with E-state index in [2.05, 4.69) is 23.7 Å². The van der Waals surface area contributed by atoms with Gasteiger partial charge in [0.25, 0.3) is 11.4 Å². The molecule has 9 nitrogen and oxygen atoms in total. The van der Waals surface area contributed by atoms with Gasteiger partial charge in [0, 0.05) is 29.4 Å². The van der Waals surface area contributed by atoms with E-state index in [-0.39, 0.29) is 22.4 Å². The predicted octanol–water partition coefficient (Wildman–Crippen LogP) is 3.93. The Kier molecular flexibility index (Phi) is 5.65. The van der Waals surface area contributed by atoms with Crippen molar-refractivity contribution in [3.8, 4) is 5.75 Å². The molecule has 0 atom stereocenters. The summed E-state index contributed by atoms with van der Waals surface area (Å²) in [6, 6.07) is 9.11. The third-order valence-corrected chi connectivity index (χ3v) is 4.68. The predicted molar refractivity (Wildman–Crippen MR) is 106 cm³/mol. The first kappa shape index (κ1) is 19.4. The number of hydrogen-bond donors (Lipinski definition) is 0. The smallest absolute Gasteiger partial charge is 0.295 e. The molecule has 0 radical (unpaired) electrons. The molecule has 0 aliphatic heterocycles. The lowest BCUT2D eigenvalue weighted by Crippen LogP contribution is -2.27. The summed E-state index contributed by atoms with van der Waals surface area (Å²) in [6.07, 6.45) is 0. The average Bonchev–Trinajstić information content (AvgIpc) is 2.68. The fourth-order valence-corrected chi connectivity index (χ4v) is 3.13. The second kappa shape index (κ2) is 8.13. The summed E-state index contributed by atoms with van der Waals surface area (Å²) in [5, 5.41) is 23.7. The molecule has 0 aliphatic carbocycles. The molecule has 0 fully saturated rings. The normalized spacial score (nSPS) is 11.2. The molecule has 1 aromatic heterocycles. The van der Waals surface area contributed by atoms with Crippen molar-refractivity contribution in [3.05, 3.63) is 56.6 Å². The van der Waals surface area contributed by atoms with E-state index in [9.17, 15) is 20.2 Å². The lowest BCUT2D eigenvalue weighted by molar-refractivity contribution is -0.383. The van der Waals surface area contributed by atoms with Crippen LogP contribution in [0.1, 0.15) is 13.8 Å². The van der Waals surface area contributed by atoms with E-state index in [4.69, 9.17) is 4.74 Å². The van der Waals surface area contributed by atoms with Crippen LogP contribution < -0.4 is 4.74 Å². The number of hydrogen-bond acceptors (Lipinski definition) is 7. The molecule has 146 valence electrons. The number of nitrogens with zero attached hydrogens (tertiary/aromatic N) is 4. The fraction of sp³-hybridized carbons (Fsp3) is 0.316. The molecule has 0 spiro atoms. The van der Waals surface area contributed by atoms with Crippen molar-refractivity contribution in [1.82, 2.24) is 9.88 Å². The highest BCUT2D eigenvalue weighted by molar-refractivity contribution is 6.02. The molecular formula is C19H20N4O5. The van der Waals surface area contributed by atoms with Crippen molar-refractivity contribution in [2.24, 2.45) is 0 Å². The summed E-state index contributed by atoms with van der Waals surface area (Å²) >= 11 is 0. The zero-order chi connectivity index (χ0) is 20.3. The van der Waals surface area contributed by atoms with Gasteiger partial charge in [-0.1, -0.05) is 26.0 Å². The van der Waals surface area contributed by atoms with Gasteiger partial charge < -0.3 is 9.64 Å². The highest BCUT2D eigenvalue weighted by Gasteiger charge is 2.21. The number of likely N-dealkylation sites (N-methyl/N-ethyl adjacent to an activating group) is 1. The Hall–Kier alpha value is -3.33. The molecule has 0 bridgehead atoms. The minimum Gasteiger partial charge on any atom is -0.492 e. The lowest BCUT2D eigenvalue weighted by Gasteiger charge is -2.18. The number of pyridine rings is 1. The SMILES string of the molecule is CCN(CC)CCOc1ccc([N+](=O)[O-])c2nc3c([N+](=O)[O-])cccc3cc12. The van der Waals surface area contributed by atoms with E-state index in [1.807, 2.05) is 0 Å². The van der Waals surface area contributed by atoms with Crippen molar-refractivity contribution in [2.75, 3.05) is 26.2 Å². The number of para-hydroxylation sites is 1. The van der Waals surface area contributed by atoms with Gasteiger partial charge in [-0.15, -0.1) is 0 Å². The number of nitro benzene ring substituents is 2. The molecule has 28 heavy (non-hydrogen) atoms. The molecule has 0 saturated heterocycles. The van der Waals surface area contributed by atoms with Gasteiger partial charge in [-0.2, -0.15) is 0 Å². The summed E-state index contributed by atoms with van der Waals surface area (Å²) in [5.41, 5.74) is -0.219. The van der Waals surface area contributed by atoms with Gasteiger partial charge in [0.15, 0.2) is 5.52 Å². The van der Waals surface area contributed by atoms with Crippen LogP contribution >= 0.6 is 0 Å². The molecule has 0 unspecified atom stereocenters. The van der Waals surface area contributed by atoms with Gasteiger partial charge >= 0.3 is 0 Å². The van der Waals surface area contributed by atoms with Gasteiger partial charge in [-0.25, -0.2) is 4.98 Å². The Bertz CT molecular complexity index is 1050. The zero-order valence-corrected chi connectivity index (χ0v) is 15.6. The van der Waals surface area contributed by atoms with Gasteiger partial charge in [-0.3, -0.25) is 20.2 Å². The van der Waals surface area contributed by atoms with Crippen molar-refractivity contribution in [3.63, 3.8) is 0 Å². The number of rotatable bonds is 8. The van der Waals surface area contributed by atoms with Gasteiger partial charge in [0.1, 0.15) is 17.9 Å². The first-order valence-electron chi connectivity index (χ1n) is 8.96. The van der Waals surface area contributed by atoms with Crippen LogP contribution in [0.5, 0.6) is 5.75 Å². The van der Waals surface area contributed by atoms with Crippen molar-refractivity contribution < 1.29 is 14.6 Å². The maximum Gasteiger partial charge on any atom is 0.295 e. The molecule has 0 aliphatic rings. The first-order chi connectivity index (χ1) is 13.5. The van der Waals surface area contributed by atoms with Crippen LogP contribution in [0.2, 0.25) is 0 Å². The Morgan fingerprint density at radius 2 is 1.68 bits per heavy atom. The van der Waals surface area contributed by atoms with Crippen LogP contribution in [0.3, 0.4) is 0 Å². The Morgan fingerprint density at radius 3 is 2.32 bits per heavy atom. The number of fused-ring (bicyclic) bond motifs is 2. The number of nitro groups is 2. The quantitative estimate of drug-likeness (QED) is 0.329. The van der Waals surface area contributed by atoms with E-state index < -0.39 is 9.85 Å². The zero-order valence-electron chi connectivity index (χ0n) is 15.6. The molecular weight excluding hydrogens is 364 g/mol. The summed E-state index contributed by atoms with van der Waals surface area (Å²) in [5.74, 6) is 0.466. The van der Waals surface area contributed by atoms with Crippen LogP contribution in [-0.2, 0) is 0 Å². The molecule has 0 amide bonds. The molecule has 3 rings (SSSR count). The fourth-order valence-electron chi connectivity index (χ4n) is 3.13. The molecule has 0 N–H and O–H groups in total.